The molecule has 2 aromatic rings. The van der Waals surface area contributed by atoms with Crippen molar-refractivity contribution in [3.8, 4) is 5.69 Å². The Morgan fingerprint density at radius 3 is 2.48 bits per heavy atom. The van der Waals surface area contributed by atoms with Crippen molar-refractivity contribution in [2.45, 2.75) is 6.18 Å². The van der Waals surface area contributed by atoms with Crippen molar-refractivity contribution in [1.82, 2.24) is 9.78 Å². The van der Waals surface area contributed by atoms with Gasteiger partial charge < -0.3 is 4.90 Å². The number of benzene rings is 1. The van der Waals surface area contributed by atoms with Gasteiger partial charge in [0.25, 0.3) is 5.56 Å². The second kappa shape index (κ2) is 5.40. The van der Waals surface area contributed by atoms with Crippen LogP contribution >= 0.6 is 11.6 Å². The monoisotopic (exact) mass is 317 g/mol. The normalized spacial score (nSPS) is 11.5. The van der Waals surface area contributed by atoms with Crippen LogP contribution in [0.3, 0.4) is 0 Å². The summed E-state index contributed by atoms with van der Waals surface area (Å²) in [7, 11) is 3.36. The third-order valence-electron chi connectivity index (χ3n) is 2.77. The van der Waals surface area contributed by atoms with Crippen molar-refractivity contribution in [2.75, 3.05) is 19.0 Å². The maximum absolute atomic E-state index is 12.7. The molecule has 8 heteroatoms. The molecule has 112 valence electrons. The lowest BCUT2D eigenvalue weighted by atomic mass is 10.2. The Morgan fingerprint density at radius 2 is 1.90 bits per heavy atom. The van der Waals surface area contributed by atoms with Gasteiger partial charge in [-0.1, -0.05) is 17.7 Å². The van der Waals surface area contributed by atoms with Crippen LogP contribution in [0.1, 0.15) is 5.56 Å². The molecule has 2 rings (SSSR count). The summed E-state index contributed by atoms with van der Waals surface area (Å²) >= 11 is 5.94. The van der Waals surface area contributed by atoms with E-state index in [0.717, 1.165) is 16.8 Å². The average molecular weight is 318 g/mol. The Hall–Kier alpha value is -2.02. The number of hydrogen-bond donors (Lipinski definition) is 0. The molecule has 0 atom stereocenters. The lowest BCUT2D eigenvalue weighted by Crippen LogP contribution is -2.24. The Balaban J connectivity index is 2.58. The van der Waals surface area contributed by atoms with E-state index >= 15 is 0 Å². The minimum atomic E-state index is -4.49. The second-order valence-electron chi connectivity index (χ2n) is 4.51. The van der Waals surface area contributed by atoms with Gasteiger partial charge in [0, 0.05) is 20.2 Å². The molecular weight excluding hydrogens is 307 g/mol. The maximum atomic E-state index is 12.7. The molecular formula is C13H11ClF3N3O. The Labute approximate surface area is 123 Å². The summed E-state index contributed by atoms with van der Waals surface area (Å²) in [5, 5.41) is 3.87. The molecule has 0 fully saturated rings. The predicted octanol–water partition coefficient (Wildman–Crippen LogP) is 2.97. The zero-order chi connectivity index (χ0) is 15.8. The van der Waals surface area contributed by atoms with Crippen LogP contribution in [0.2, 0.25) is 5.15 Å². The summed E-state index contributed by atoms with van der Waals surface area (Å²) < 4.78 is 38.9. The van der Waals surface area contributed by atoms with Crippen LogP contribution in [0.15, 0.2) is 35.1 Å². The molecule has 0 unspecified atom stereocenters. The van der Waals surface area contributed by atoms with Crippen LogP contribution in [0.25, 0.3) is 5.69 Å². The molecule has 4 nitrogen and oxygen atoms in total. The van der Waals surface area contributed by atoms with Crippen LogP contribution in [-0.4, -0.2) is 23.9 Å². The van der Waals surface area contributed by atoms with Gasteiger partial charge in [0.15, 0.2) is 5.15 Å². The molecule has 0 bridgehead atoms. The number of hydrogen-bond acceptors (Lipinski definition) is 3. The molecule has 0 radical (unpaired) electrons. The highest BCUT2D eigenvalue weighted by Crippen LogP contribution is 2.30. The molecule has 1 aromatic heterocycles. The van der Waals surface area contributed by atoms with Crippen molar-refractivity contribution < 1.29 is 13.2 Å². The summed E-state index contributed by atoms with van der Waals surface area (Å²) in [5.74, 6) is 0. The molecule has 0 aliphatic rings. The topological polar surface area (TPSA) is 38.1 Å². The molecule has 0 spiro atoms. The molecule has 0 N–H and O–H groups in total. The van der Waals surface area contributed by atoms with Gasteiger partial charge >= 0.3 is 6.18 Å². The predicted molar refractivity (Wildman–Crippen MR) is 74.2 cm³/mol. The SMILES string of the molecule is CN(C)c1cc(=O)n(-c2cccc(C(F)(F)F)c2)nc1Cl. The summed E-state index contributed by atoms with van der Waals surface area (Å²) in [6.45, 7) is 0. The average Bonchev–Trinajstić information content (AvgIpc) is 2.40. The first-order valence-electron chi connectivity index (χ1n) is 5.85. The molecule has 0 aliphatic carbocycles. The molecule has 1 aromatic carbocycles. The van der Waals surface area contributed by atoms with E-state index in [-0.39, 0.29) is 10.8 Å². The zero-order valence-corrected chi connectivity index (χ0v) is 11.9. The summed E-state index contributed by atoms with van der Waals surface area (Å²) in [4.78, 5) is 13.6. The third-order valence-corrected chi connectivity index (χ3v) is 3.04. The molecule has 0 saturated carbocycles. The largest absolute Gasteiger partial charge is 0.416 e. The minimum absolute atomic E-state index is 0.00188. The summed E-state index contributed by atoms with van der Waals surface area (Å²) in [6, 6.07) is 5.55. The number of alkyl halides is 3. The van der Waals surface area contributed by atoms with Crippen molar-refractivity contribution in [1.29, 1.82) is 0 Å². The smallest absolute Gasteiger partial charge is 0.375 e. The fraction of sp³-hybridized carbons (Fsp3) is 0.231. The number of nitrogens with zero attached hydrogens (tertiary/aromatic N) is 3. The van der Waals surface area contributed by atoms with Crippen molar-refractivity contribution in [2.24, 2.45) is 0 Å². The van der Waals surface area contributed by atoms with Crippen molar-refractivity contribution in [3.63, 3.8) is 0 Å². The van der Waals surface area contributed by atoms with Gasteiger partial charge in [0.2, 0.25) is 0 Å². The highest BCUT2D eigenvalue weighted by atomic mass is 35.5. The number of halogens is 4. The third kappa shape index (κ3) is 3.18. The van der Waals surface area contributed by atoms with Crippen molar-refractivity contribution in [3.05, 3.63) is 51.4 Å². The van der Waals surface area contributed by atoms with Crippen LogP contribution < -0.4 is 10.5 Å². The molecule has 0 saturated heterocycles. The van der Waals surface area contributed by atoms with Gasteiger partial charge in [-0.2, -0.15) is 23.0 Å². The standard InChI is InChI=1S/C13H11ClF3N3O/c1-19(2)10-7-11(21)20(18-12(10)14)9-5-3-4-8(6-9)13(15,16)17/h3-7H,1-2H3. The van der Waals surface area contributed by atoms with E-state index < -0.39 is 17.3 Å². The van der Waals surface area contributed by atoms with Crippen LogP contribution in [0.4, 0.5) is 18.9 Å². The Morgan fingerprint density at radius 1 is 1.24 bits per heavy atom. The first-order valence-corrected chi connectivity index (χ1v) is 6.23. The highest BCUT2D eigenvalue weighted by molar-refractivity contribution is 6.31. The van der Waals surface area contributed by atoms with E-state index in [2.05, 4.69) is 5.10 Å². The highest BCUT2D eigenvalue weighted by Gasteiger charge is 2.30. The van der Waals surface area contributed by atoms with Crippen LogP contribution in [0.5, 0.6) is 0 Å². The lowest BCUT2D eigenvalue weighted by molar-refractivity contribution is -0.137. The maximum Gasteiger partial charge on any atom is 0.416 e. The van der Waals surface area contributed by atoms with Crippen LogP contribution in [-0.2, 0) is 6.18 Å². The molecule has 0 aliphatic heterocycles. The molecule has 21 heavy (non-hydrogen) atoms. The van der Waals surface area contributed by atoms with E-state index in [1.54, 1.807) is 19.0 Å². The first-order chi connectivity index (χ1) is 9.70. The fourth-order valence-electron chi connectivity index (χ4n) is 1.74. The van der Waals surface area contributed by atoms with E-state index in [1.807, 2.05) is 0 Å². The summed E-state index contributed by atoms with van der Waals surface area (Å²) in [5.41, 5.74) is -1.03. The zero-order valence-electron chi connectivity index (χ0n) is 11.1. The Bertz CT molecular complexity index is 725. The minimum Gasteiger partial charge on any atom is -0.375 e. The van der Waals surface area contributed by atoms with Gasteiger partial charge in [-0.3, -0.25) is 4.79 Å². The first kappa shape index (κ1) is 15.4. The van der Waals surface area contributed by atoms with Gasteiger partial charge in [0.1, 0.15) is 0 Å². The van der Waals surface area contributed by atoms with Gasteiger partial charge in [-0.15, -0.1) is 0 Å². The molecule has 1 heterocycles. The van der Waals surface area contributed by atoms with E-state index in [0.29, 0.717) is 5.69 Å². The number of anilines is 1. The molecule has 0 amide bonds. The summed E-state index contributed by atoms with van der Waals surface area (Å²) in [6.07, 6.45) is -4.49. The van der Waals surface area contributed by atoms with Gasteiger partial charge in [-0.25, -0.2) is 0 Å². The van der Waals surface area contributed by atoms with E-state index in [9.17, 15) is 18.0 Å². The van der Waals surface area contributed by atoms with Gasteiger partial charge in [-0.05, 0) is 18.2 Å². The lowest BCUT2D eigenvalue weighted by Gasteiger charge is -2.15. The fourth-order valence-corrected chi connectivity index (χ4v) is 2.04. The second-order valence-corrected chi connectivity index (χ2v) is 4.87. The van der Waals surface area contributed by atoms with Crippen LogP contribution in [0, 0.1) is 0 Å². The van der Waals surface area contributed by atoms with Crippen molar-refractivity contribution >= 4 is 17.3 Å². The number of rotatable bonds is 2. The van der Waals surface area contributed by atoms with Gasteiger partial charge in [0.05, 0.1) is 16.9 Å². The van der Waals surface area contributed by atoms with E-state index in [4.69, 9.17) is 11.6 Å². The quantitative estimate of drug-likeness (QED) is 0.854. The van der Waals surface area contributed by atoms with E-state index in [1.165, 1.54) is 18.2 Å². The Kier molecular flexibility index (Phi) is 3.95. The number of aromatic nitrogens is 2.